The molecule has 0 atom stereocenters. The lowest BCUT2D eigenvalue weighted by molar-refractivity contribution is -0.0498. The highest BCUT2D eigenvalue weighted by molar-refractivity contribution is 5.27. The minimum Gasteiger partial charge on any atom is -0.435 e. The van der Waals surface area contributed by atoms with E-state index in [1.54, 1.807) is 24.3 Å². The highest BCUT2D eigenvalue weighted by Crippen LogP contribution is 2.14. The summed E-state index contributed by atoms with van der Waals surface area (Å²) in [5, 5.41) is 3.19. The van der Waals surface area contributed by atoms with Gasteiger partial charge in [0.1, 0.15) is 11.6 Å². The van der Waals surface area contributed by atoms with Gasteiger partial charge in [-0.05, 0) is 35.4 Å². The van der Waals surface area contributed by atoms with Gasteiger partial charge in [-0.3, -0.25) is 0 Å². The van der Waals surface area contributed by atoms with Crippen molar-refractivity contribution in [3.63, 3.8) is 0 Å². The number of ether oxygens (including phenoxy) is 1. The predicted molar refractivity (Wildman–Crippen MR) is 70.0 cm³/mol. The number of halogens is 3. The quantitative estimate of drug-likeness (QED) is 0.871. The molecular weight excluding hydrogens is 267 g/mol. The summed E-state index contributed by atoms with van der Waals surface area (Å²) in [6.45, 7) is -1.61. The molecule has 2 rings (SSSR count). The van der Waals surface area contributed by atoms with E-state index in [0.29, 0.717) is 13.1 Å². The van der Waals surface area contributed by atoms with E-state index in [0.717, 1.165) is 11.1 Å². The Labute approximate surface area is 115 Å². The van der Waals surface area contributed by atoms with Crippen LogP contribution in [0.3, 0.4) is 0 Å². The third kappa shape index (κ3) is 4.59. The minimum absolute atomic E-state index is 0.141. The fourth-order valence-corrected chi connectivity index (χ4v) is 1.74. The first-order valence-corrected chi connectivity index (χ1v) is 6.12. The Kier molecular flexibility index (Phi) is 5.01. The van der Waals surface area contributed by atoms with Crippen LogP contribution < -0.4 is 10.1 Å². The van der Waals surface area contributed by atoms with Crippen molar-refractivity contribution in [3.8, 4) is 5.75 Å². The van der Waals surface area contributed by atoms with E-state index in [4.69, 9.17) is 0 Å². The topological polar surface area (TPSA) is 21.3 Å². The lowest BCUT2D eigenvalue weighted by Crippen LogP contribution is -2.12. The molecule has 0 saturated carbocycles. The van der Waals surface area contributed by atoms with Crippen molar-refractivity contribution in [2.24, 2.45) is 0 Å². The van der Waals surface area contributed by atoms with Crippen molar-refractivity contribution in [1.29, 1.82) is 0 Å². The zero-order valence-corrected chi connectivity index (χ0v) is 10.7. The molecule has 106 valence electrons. The molecule has 5 heteroatoms. The normalized spacial score (nSPS) is 10.8. The first-order valence-electron chi connectivity index (χ1n) is 6.12. The standard InChI is InChI=1S/C15H14F3NO/c16-13-5-1-11(2-6-13)9-19-10-12-3-7-14(8-4-12)20-15(17)18/h1-8,15,19H,9-10H2. The van der Waals surface area contributed by atoms with Crippen LogP contribution in [0.5, 0.6) is 5.75 Å². The van der Waals surface area contributed by atoms with E-state index in [1.807, 2.05) is 0 Å². The van der Waals surface area contributed by atoms with Crippen LogP contribution in [-0.2, 0) is 13.1 Å². The first kappa shape index (κ1) is 14.4. The third-order valence-corrected chi connectivity index (χ3v) is 2.72. The minimum atomic E-state index is -2.81. The monoisotopic (exact) mass is 281 g/mol. The second kappa shape index (κ2) is 6.96. The van der Waals surface area contributed by atoms with Crippen LogP contribution in [-0.4, -0.2) is 6.61 Å². The maximum atomic E-state index is 12.7. The molecule has 0 aliphatic heterocycles. The van der Waals surface area contributed by atoms with E-state index >= 15 is 0 Å². The van der Waals surface area contributed by atoms with Gasteiger partial charge in [0.05, 0.1) is 0 Å². The molecule has 0 bridgehead atoms. The van der Waals surface area contributed by atoms with Gasteiger partial charge in [-0.1, -0.05) is 24.3 Å². The molecular formula is C15H14F3NO. The zero-order chi connectivity index (χ0) is 14.4. The van der Waals surface area contributed by atoms with E-state index in [1.165, 1.54) is 24.3 Å². The fourth-order valence-electron chi connectivity index (χ4n) is 1.74. The smallest absolute Gasteiger partial charge is 0.387 e. The zero-order valence-electron chi connectivity index (χ0n) is 10.7. The number of alkyl halides is 2. The molecule has 0 amide bonds. The SMILES string of the molecule is Fc1ccc(CNCc2ccc(OC(F)F)cc2)cc1. The lowest BCUT2D eigenvalue weighted by atomic mass is 10.2. The molecule has 2 aromatic rings. The van der Waals surface area contributed by atoms with Gasteiger partial charge in [0, 0.05) is 13.1 Å². The lowest BCUT2D eigenvalue weighted by Gasteiger charge is -2.07. The average molecular weight is 281 g/mol. The van der Waals surface area contributed by atoms with Crippen LogP contribution in [0, 0.1) is 5.82 Å². The molecule has 0 radical (unpaired) electrons. The summed E-state index contributed by atoms with van der Waals surface area (Å²) in [7, 11) is 0. The summed E-state index contributed by atoms with van der Waals surface area (Å²) in [6, 6.07) is 12.7. The van der Waals surface area contributed by atoms with Gasteiger partial charge in [-0.2, -0.15) is 8.78 Å². The molecule has 2 aromatic carbocycles. The summed E-state index contributed by atoms with van der Waals surface area (Å²) < 4.78 is 40.9. The summed E-state index contributed by atoms with van der Waals surface area (Å²) >= 11 is 0. The Morgan fingerprint density at radius 2 is 1.35 bits per heavy atom. The molecule has 0 aliphatic rings. The molecule has 0 spiro atoms. The second-order valence-electron chi connectivity index (χ2n) is 4.25. The van der Waals surface area contributed by atoms with E-state index in [9.17, 15) is 13.2 Å². The summed E-state index contributed by atoms with van der Waals surface area (Å²) in [4.78, 5) is 0. The highest BCUT2D eigenvalue weighted by Gasteiger charge is 2.03. The number of hydrogen-bond donors (Lipinski definition) is 1. The van der Waals surface area contributed by atoms with Crippen molar-refractivity contribution in [2.75, 3.05) is 0 Å². The van der Waals surface area contributed by atoms with E-state index in [2.05, 4.69) is 10.1 Å². The summed E-state index contributed by atoms with van der Waals surface area (Å²) in [6.07, 6.45) is 0. The Bertz CT molecular complexity index is 526. The van der Waals surface area contributed by atoms with Gasteiger partial charge in [0.25, 0.3) is 0 Å². The Balaban J connectivity index is 1.80. The summed E-state index contributed by atoms with van der Waals surface area (Å²) in [5.74, 6) is -0.120. The van der Waals surface area contributed by atoms with Crippen molar-refractivity contribution < 1.29 is 17.9 Å². The molecule has 0 aliphatic carbocycles. The van der Waals surface area contributed by atoms with Crippen molar-refractivity contribution >= 4 is 0 Å². The van der Waals surface area contributed by atoms with Gasteiger partial charge in [-0.15, -0.1) is 0 Å². The predicted octanol–water partition coefficient (Wildman–Crippen LogP) is 3.72. The van der Waals surface area contributed by atoms with Crippen LogP contribution in [0.25, 0.3) is 0 Å². The molecule has 1 N–H and O–H groups in total. The molecule has 20 heavy (non-hydrogen) atoms. The molecule has 0 unspecified atom stereocenters. The van der Waals surface area contributed by atoms with Gasteiger partial charge in [-0.25, -0.2) is 4.39 Å². The van der Waals surface area contributed by atoms with Crippen LogP contribution in [0.2, 0.25) is 0 Å². The third-order valence-electron chi connectivity index (χ3n) is 2.72. The van der Waals surface area contributed by atoms with E-state index in [-0.39, 0.29) is 11.6 Å². The van der Waals surface area contributed by atoms with Crippen molar-refractivity contribution in [2.45, 2.75) is 19.7 Å². The Morgan fingerprint density at radius 3 is 1.85 bits per heavy atom. The van der Waals surface area contributed by atoms with Crippen LogP contribution in [0.4, 0.5) is 13.2 Å². The maximum absolute atomic E-state index is 12.7. The average Bonchev–Trinajstić information content (AvgIpc) is 2.42. The second-order valence-corrected chi connectivity index (χ2v) is 4.25. The largest absolute Gasteiger partial charge is 0.435 e. The Morgan fingerprint density at radius 1 is 0.850 bits per heavy atom. The molecule has 0 fully saturated rings. The first-order chi connectivity index (χ1) is 9.63. The fraction of sp³-hybridized carbons (Fsp3) is 0.200. The van der Waals surface area contributed by atoms with Gasteiger partial charge >= 0.3 is 6.61 Å². The van der Waals surface area contributed by atoms with Crippen LogP contribution in [0.1, 0.15) is 11.1 Å². The van der Waals surface area contributed by atoms with Crippen molar-refractivity contribution in [3.05, 3.63) is 65.5 Å². The molecule has 0 heterocycles. The molecule has 2 nitrogen and oxygen atoms in total. The summed E-state index contributed by atoms with van der Waals surface area (Å²) in [5.41, 5.74) is 1.93. The van der Waals surface area contributed by atoms with Crippen LogP contribution in [0.15, 0.2) is 48.5 Å². The highest BCUT2D eigenvalue weighted by atomic mass is 19.3. The van der Waals surface area contributed by atoms with Gasteiger partial charge in [0.15, 0.2) is 0 Å². The molecule has 0 saturated heterocycles. The van der Waals surface area contributed by atoms with E-state index < -0.39 is 6.61 Å². The number of hydrogen-bond acceptors (Lipinski definition) is 2. The maximum Gasteiger partial charge on any atom is 0.387 e. The van der Waals surface area contributed by atoms with Crippen LogP contribution >= 0.6 is 0 Å². The van der Waals surface area contributed by atoms with Gasteiger partial charge in [0.2, 0.25) is 0 Å². The number of benzene rings is 2. The number of nitrogens with one attached hydrogen (secondary N) is 1. The molecule has 0 aromatic heterocycles. The Hall–Kier alpha value is -2.01. The van der Waals surface area contributed by atoms with Crippen molar-refractivity contribution in [1.82, 2.24) is 5.32 Å². The number of rotatable bonds is 6. The van der Waals surface area contributed by atoms with Gasteiger partial charge < -0.3 is 10.1 Å².